The number of rotatable bonds is 18. The van der Waals surface area contributed by atoms with Gasteiger partial charge in [0.15, 0.2) is 0 Å². The molecule has 3 aromatic rings. The van der Waals surface area contributed by atoms with Crippen molar-refractivity contribution in [3.05, 3.63) is 102 Å². The molecule has 0 aromatic heterocycles. The zero-order valence-corrected chi connectivity index (χ0v) is 39.4. The number of carbonyl (C=O) groups is 1. The maximum atomic E-state index is 14.2. The van der Waals surface area contributed by atoms with Gasteiger partial charge in [-0.1, -0.05) is 48.8 Å². The van der Waals surface area contributed by atoms with Gasteiger partial charge in [-0.15, -0.1) is 18.3 Å². The van der Waals surface area contributed by atoms with E-state index < -0.39 is 52.8 Å². The molecule has 1 aliphatic carbocycles. The van der Waals surface area contributed by atoms with Crippen LogP contribution in [0.2, 0.25) is 0 Å². The molecule has 3 aliphatic rings. The number of carbonyl (C=O) groups excluding carboxylic acids is 1. The number of alkyl halides is 3. The molecule has 64 heavy (non-hydrogen) atoms. The fourth-order valence-corrected chi connectivity index (χ4v) is 11.6. The third kappa shape index (κ3) is 13.4. The van der Waals surface area contributed by atoms with Crippen molar-refractivity contribution in [1.29, 1.82) is 0 Å². The molecule has 2 heterocycles. The van der Waals surface area contributed by atoms with Gasteiger partial charge in [0.05, 0.1) is 16.7 Å². The van der Waals surface area contributed by atoms with Gasteiger partial charge in [0, 0.05) is 80.3 Å². The number of nitrogens with zero attached hydrogens (tertiary/aromatic N) is 3. The third-order valence-electron chi connectivity index (χ3n) is 12.4. The molecule has 3 N–H and O–H groups in total. The van der Waals surface area contributed by atoms with E-state index in [1.165, 1.54) is 35.9 Å². The number of aliphatic hydroxyl groups excluding tert-OH is 1. The number of hydrogen-bond acceptors (Lipinski definition) is 11. The van der Waals surface area contributed by atoms with E-state index in [-0.39, 0.29) is 17.1 Å². The Labute approximate surface area is 381 Å². The largest absolute Gasteiger partial charge is 0.501 e. The summed E-state index contributed by atoms with van der Waals surface area (Å²) in [7, 11) is -10.9. The molecule has 0 unspecified atom stereocenters. The molecule has 0 saturated carbocycles. The smallest absolute Gasteiger partial charge is 0.393 e. The van der Waals surface area contributed by atoms with Crippen LogP contribution in [0.1, 0.15) is 82.5 Å². The van der Waals surface area contributed by atoms with Crippen molar-refractivity contribution in [3.8, 4) is 0 Å². The van der Waals surface area contributed by atoms with Crippen LogP contribution < -0.4 is 14.9 Å². The summed E-state index contributed by atoms with van der Waals surface area (Å²) in [5, 5.41) is 12.9. The summed E-state index contributed by atoms with van der Waals surface area (Å²) in [6.45, 7) is 16.9. The van der Waals surface area contributed by atoms with Gasteiger partial charge in [-0.25, -0.2) is 21.6 Å². The predicted octanol–water partition coefficient (Wildman–Crippen LogP) is 8.50. The Morgan fingerprint density at radius 3 is 2.23 bits per heavy atom. The lowest BCUT2D eigenvalue weighted by atomic mass is 9.73. The fraction of sp³-hybridized carbons (Fsp3) is 0.511. The van der Waals surface area contributed by atoms with E-state index in [2.05, 4.69) is 47.4 Å². The Morgan fingerprint density at radius 1 is 0.922 bits per heavy atom. The lowest BCUT2D eigenvalue weighted by Gasteiger charge is -2.39. The van der Waals surface area contributed by atoms with Gasteiger partial charge in [-0.05, 0) is 118 Å². The van der Waals surface area contributed by atoms with E-state index in [4.69, 9.17) is 0 Å². The topological polar surface area (TPSA) is 139 Å². The summed E-state index contributed by atoms with van der Waals surface area (Å²) in [6.07, 6.45) is 6.71. The Kier molecular flexibility index (Phi) is 16.4. The first-order chi connectivity index (χ1) is 30.2. The second-order valence-corrected chi connectivity index (χ2v) is 22.9. The first kappa shape index (κ1) is 49.6. The molecule has 3 aromatic carbocycles. The molecule has 6 rings (SSSR count). The molecule has 1 amide bonds. The number of halogens is 3. The maximum Gasteiger partial charge on any atom is 0.501 e. The second kappa shape index (κ2) is 21.2. The van der Waals surface area contributed by atoms with E-state index in [9.17, 15) is 39.9 Å². The van der Waals surface area contributed by atoms with Gasteiger partial charge >= 0.3 is 5.51 Å². The normalized spacial score (nSPS) is 18.8. The van der Waals surface area contributed by atoms with E-state index in [0.717, 1.165) is 81.1 Å². The van der Waals surface area contributed by atoms with Crippen molar-refractivity contribution >= 4 is 48.9 Å². The van der Waals surface area contributed by atoms with Crippen LogP contribution in [-0.4, -0.2) is 113 Å². The van der Waals surface area contributed by atoms with Crippen LogP contribution in [-0.2, 0) is 19.9 Å². The Hall–Kier alpha value is -3.87. The highest BCUT2D eigenvalue weighted by molar-refractivity contribution is 7.99. The van der Waals surface area contributed by atoms with Gasteiger partial charge < -0.3 is 20.2 Å². The van der Waals surface area contributed by atoms with E-state index in [1.807, 2.05) is 35.1 Å². The van der Waals surface area contributed by atoms with Crippen LogP contribution >= 0.6 is 11.8 Å². The monoisotopic (exact) mass is 945 g/mol. The van der Waals surface area contributed by atoms with Gasteiger partial charge in [0.1, 0.15) is 4.90 Å². The summed E-state index contributed by atoms with van der Waals surface area (Å²) in [6, 6.07) is 17.7. The van der Waals surface area contributed by atoms with Crippen molar-refractivity contribution < 1.29 is 39.9 Å². The maximum absolute atomic E-state index is 14.2. The number of sulfone groups is 1. The molecule has 0 bridgehead atoms. The predicted molar refractivity (Wildman–Crippen MR) is 249 cm³/mol. The summed E-state index contributed by atoms with van der Waals surface area (Å²) in [5.74, 6) is -0.668. The van der Waals surface area contributed by atoms with E-state index in [1.54, 1.807) is 23.3 Å². The van der Waals surface area contributed by atoms with Crippen LogP contribution in [0, 0.1) is 5.41 Å². The average Bonchev–Trinajstić information content (AvgIpc) is 3.24. The summed E-state index contributed by atoms with van der Waals surface area (Å²) < 4.78 is 97.7. The van der Waals surface area contributed by atoms with Crippen molar-refractivity contribution in [1.82, 2.24) is 14.5 Å². The Morgan fingerprint density at radius 2 is 1.59 bits per heavy atom. The van der Waals surface area contributed by atoms with Crippen molar-refractivity contribution in [2.45, 2.75) is 104 Å². The van der Waals surface area contributed by atoms with Gasteiger partial charge in [0.25, 0.3) is 25.8 Å². The zero-order valence-electron chi connectivity index (χ0n) is 37.0. The molecular weight excluding hydrogens is 884 g/mol. The molecule has 0 radical (unpaired) electrons. The average molecular weight is 946 g/mol. The number of nitrogens with one attached hydrogen (secondary N) is 2. The van der Waals surface area contributed by atoms with E-state index in [0.29, 0.717) is 50.7 Å². The molecule has 2 aliphatic heterocycles. The number of piperazine rings is 1. The molecule has 2 fully saturated rings. The lowest BCUT2D eigenvalue weighted by Crippen LogP contribution is -2.47. The van der Waals surface area contributed by atoms with Gasteiger partial charge in [-0.2, -0.15) is 13.2 Å². The van der Waals surface area contributed by atoms with Crippen molar-refractivity contribution in [2.75, 3.05) is 68.3 Å². The number of hydrogen-bond donors (Lipinski definition) is 3. The zero-order chi connectivity index (χ0) is 46.3. The third-order valence-corrected chi connectivity index (χ3v) is 16.4. The number of benzene rings is 3. The number of sulfonamides is 1. The Bertz CT molecular complexity index is 2340. The minimum atomic E-state index is -6.06. The van der Waals surface area contributed by atoms with Crippen LogP contribution in [0.5, 0.6) is 0 Å². The highest BCUT2D eigenvalue weighted by Gasteiger charge is 2.48. The summed E-state index contributed by atoms with van der Waals surface area (Å²) in [4.78, 5) is 19.0. The standard InChI is InChI=1S/C47H62F3N5O6S3/c1-34(2)10-11-35-18-22-46(3,4)31-37(35)32-54-26-28-55(29-27-54)39-14-12-36(13-15-39)45(57)52-64(60,61)42-16-17-43(44(30-42)63(58,59)47(48,49)50)51-38(33-62-41-8-6-5-7-9-41)19-23-53-24-20-40(56)21-25-53/h5-9,12-17,30,38,40,51,56H,1,10-11,18-29,31-33H2,2-4H3,(H,52,57)/t38-/m1/s1. The molecule has 0 spiro atoms. The van der Waals surface area contributed by atoms with Gasteiger partial charge in [0.2, 0.25) is 0 Å². The van der Waals surface area contributed by atoms with Crippen LogP contribution in [0.4, 0.5) is 24.5 Å². The van der Waals surface area contributed by atoms with Crippen LogP contribution in [0.3, 0.4) is 0 Å². The molecular formula is C47H62F3N5O6S3. The highest BCUT2D eigenvalue weighted by atomic mass is 32.2. The number of allylic oxidation sites excluding steroid dienone is 2. The highest BCUT2D eigenvalue weighted by Crippen LogP contribution is 2.41. The first-order valence-electron chi connectivity index (χ1n) is 22.0. The minimum Gasteiger partial charge on any atom is -0.393 e. The van der Waals surface area contributed by atoms with Gasteiger partial charge in [-0.3, -0.25) is 9.69 Å². The molecule has 1 atom stereocenters. The summed E-state index contributed by atoms with van der Waals surface area (Å²) >= 11 is 1.44. The van der Waals surface area contributed by atoms with Crippen molar-refractivity contribution in [2.24, 2.45) is 5.41 Å². The number of thioether (sulfide) groups is 1. The molecule has 11 nitrogen and oxygen atoms in total. The number of aliphatic hydroxyl groups is 1. The molecule has 350 valence electrons. The SMILES string of the molecule is C=C(C)CCC1=C(CN2CCN(c3ccc(C(=O)NS(=O)(=O)c4ccc(N[C@H](CCN5CCC(O)CC5)CSc5ccccc5)c(S(=O)(=O)C(F)(F)F)c4)cc3)CC2)CC(C)(C)CC1. The second-order valence-electron chi connectivity index (χ2n) is 18.2. The molecule has 2 saturated heterocycles. The summed E-state index contributed by atoms with van der Waals surface area (Å²) in [5.41, 5.74) is -0.694. The van der Waals surface area contributed by atoms with Crippen LogP contribution in [0.15, 0.2) is 111 Å². The lowest BCUT2D eigenvalue weighted by molar-refractivity contribution is -0.0435. The van der Waals surface area contributed by atoms with Crippen LogP contribution in [0.25, 0.3) is 0 Å². The van der Waals surface area contributed by atoms with E-state index >= 15 is 0 Å². The minimum absolute atomic E-state index is 0.00324. The fourth-order valence-electron chi connectivity index (χ4n) is 8.54. The number of amides is 1. The molecule has 17 heteroatoms. The Balaban J connectivity index is 1.13. The van der Waals surface area contributed by atoms with Crippen molar-refractivity contribution in [3.63, 3.8) is 0 Å². The number of likely N-dealkylation sites (tertiary alicyclic amines) is 1. The number of piperidine rings is 1. The number of anilines is 2. The quantitative estimate of drug-likeness (QED) is 0.0836. The first-order valence-corrected chi connectivity index (χ1v) is 25.9.